The minimum Gasteiger partial charge on any atom is -0.300 e. The van der Waals surface area contributed by atoms with E-state index in [9.17, 15) is 9.18 Å². The third kappa shape index (κ3) is 2.64. The zero-order valence-corrected chi connectivity index (χ0v) is 14.7. The van der Waals surface area contributed by atoms with Gasteiger partial charge in [0.25, 0.3) is 5.56 Å². The van der Waals surface area contributed by atoms with Crippen LogP contribution in [0.5, 0.6) is 0 Å². The summed E-state index contributed by atoms with van der Waals surface area (Å²) >= 11 is 0. The second-order valence-corrected chi connectivity index (χ2v) is 6.43. The molecule has 0 radical (unpaired) electrons. The normalized spacial score (nSPS) is 11.3. The van der Waals surface area contributed by atoms with Gasteiger partial charge in [-0.3, -0.25) is 13.8 Å². The molecule has 0 aliphatic rings. The Morgan fingerprint density at radius 3 is 2.82 bits per heavy atom. The molecule has 5 aromatic rings. The summed E-state index contributed by atoms with van der Waals surface area (Å²) in [6.07, 6.45) is 6.58. The van der Waals surface area contributed by atoms with Crippen LogP contribution in [0.1, 0.15) is 5.56 Å². The molecule has 4 aromatic heterocycles. The average Bonchev–Trinajstić information content (AvgIpc) is 3.16. The number of pyridine rings is 2. The molecule has 0 saturated heterocycles. The minimum absolute atomic E-state index is 0.0932. The Labute approximate surface area is 158 Å². The molecule has 7 heteroatoms. The number of nitrogens with zero attached hydrogens (tertiary/aromatic N) is 5. The van der Waals surface area contributed by atoms with Crippen molar-refractivity contribution in [1.29, 1.82) is 0 Å². The van der Waals surface area contributed by atoms with Crippen molar-refractivity contribution < 1.29 is 4.39 Å². The van der Waals surface area contributed by atoms with Gasteiger partial charge < -0.3 is 0 Å². The number of benzene rings is 1. The van der Waals surface area contributed by atoms with Crippen molar-refractivity contribution in [2.75, 3.05) is 0 Å². The largest absolute Gasteiger partial charge is 0.300 e. The molecule has 0 N–H and O–H groups in total. The lowest BCUT2D eigenvalue weighted by Gasteiger charge is -2.09. The lowest BCUT2D eigenvalue weighted by molar-refractivity contribution is 0.595. The van der Waals surface area contributed by atoms with Gasteiger partial charge in [0.05, 0.1) is 23.8 Å². The van der Waals surface area contributed by atoms with E-state index in [1.54, 1.807) is 30.6 Å². The first-order chi connectivity index (χ1) is 13.7. The summed E-state index contributed by atoms with van der Waals surface area (Å²) in [5.41, 5.74) is 2.86. The molecular weight excluding hydrogens is 357 g/mol. The van der Waals surface area contributed by atoms with Crippen molar-refractivity contribution in [3.8, 4) is 11.3 Å². The summed E-state index contributed by atoms with van der Waals surface area (Å²) in [6.45, 7) is 0.0932. The van der Waals surface area contributed by atoms with Crippen molar-refractivity contribution in [1.82, 2.24) is 23.9 Å². The number of fused-ring (bicyclic) bond motifs is 2. The quantitative estimate of drug-likeness (QED) is 0.488. The highest BCUT2D eigenvalue weighted by Crippen LogP contribution is 2.23. The predicted molar refractivity (Wildman–Crippen MR) is 103 cm³/mol. The second kappa shape index (κ2) is 6.38. The number of halogens is 1. The highest BCUT2D eigenvalue weighted by molar-refractivity contribution is 5.72. The van der Waals surface area contributed by atoms with Crippen LogP contribution in [0.2, 0.25) is 0 Å². The van der Waals surface area contributed by atoms with Crippen LogP contribution in [-0.2, 0) is 6.54 Å². The first kappa shape index (κ1) is 16.3. The molecule has 0 fully saturated rings. The third-order valence-electron chi connectivity index (χ3n) is 4.70. The van der Waals surface area contributed by atoms with Crippen molar-refractivity contribution in [3.05, 3.63) is 95.2 Å². The first-order valence-electron chi connectivity index (χ1n) is 8.72. The lowest BCUT2D eigenvalue weighted by Crippen LogP contribution is -2.21. The van der Waals surface area contributed by atoms with Crippen LogP contribution in [0.15, 0.2) is 78.2 Å². The van der Waals surface area contributed by atoms with Crippen molar-refractivity contribution in [2.24, 2.45) is 0 Å². The van der Waals surface area contributed by atoms with Crippen LogP contribution in [-0.4, -0.2) is 23.9 Å². The molecule has 0 amide bonds. The van der Waals surface area contributed by atoms with Crippen molar-refractivity contribution >= 4 is 16.7 Å². The molecule has 28 heavy (non-hydrogen) atoms. The molecule has 0 aliphatic carbocycles. The zero-order valence-electron chi connectivity index (χ0n) is 14.7. The molecule has 0 bridgehead atoms. The van der Waals surface area contributed by atoms with Gasteiger partial charge >= 0.3 is 0 Å². The first-order valence-corrected chi connectivity index (χ1v) is 8.72. The van der Waals surface area contributed by atoms with Crippen LogP contribution in [0, 0.1) is 5.82 Å². The fourth-order valence-corrected chi connectivity index (χ4v) is 3.28. The molecule has 4 heterocycles. The van der Waals surface area contributed by atoms with Gasteiger partial charge in [0.1, 0.15) is 17.8 Å². The van der Waals surface area contributed by atoms with Crippen LogP contribution in [0.25, 0.3) is 27.9 Å². The van der Waals surface area contributed by atoms with Gasteiger partial charge in [-0.15, -0.1) is 0 Å². The highest BCUT2D eigenvalue weighted by atomic mass is 19.1. The molecule has 1 aromatic carbocycles. The van der Waals surface area contributed by atoms with Crippen molar-refractivity contribution in [2.45, 2.75) is 6.54 Å². The second-order valence-electron chi connectivity index (χ2n) is 6.43. The number of hydrogen-bond donors (Lipinski definition) is 0. The minimum atomic E-state index is -0.387. The predicted octanol–water partition coefficient (Wildman–Crippen LogP) is 3.29. The number of imidazole rings is 1. The van der Waals surface area contributed by atoms with E-state index in [1.165, 1.54) is 17.0 Å². The summed E-state index contributed by atoms with van der Waals surface area (Å²) in [7, 11) is 0. The van der Waals surface area contributed by atoms with E-state index in [2.05, 4.69) is 15.0 Å². The lowest BCUT2D eigenvalue weighted by atomic mass is 10.1. The summed E-state index contributed by atoms with van der Waals surface area (Å²) in [5, 5.41) is 0.410. The van der Waals surface area contributed by atoms with E-state index in [4.69, 9.17) is 0 Å². The van der Waals surface area contributed by atoms with Crippen LogP contribution < -0.4 is 5.56 Å². The number of rotatable bonds is 3. The fourth-order valence-electron chi connectivity index (χ4n) is 3.28. The fraction of sp³-hybridized carbons (Fsp3) is 0.0476. The van der Waals surface area contributed by atoms with Gasteiger partial charge in [-0.1, -0.05) is 18.2 Å². The standard InChI is InChI=1S/C21H14FN5O/c22-17-10-14(18-11-24-19-5-1-2-9-27(18)19)6-7-15(17)12-26-13-25-20-16(21(26)28)4-3-8-23-20/h1-11,13H,12H2. The Balaban J connectivity index is 1.52. The van der Waals surface area contributed by atoms with E-state index in [0.29, 0.717) is 22.2 Å². The highest BCUT2D eigenvalue weighted by Gasteiger charge is 2.11. The summed E-state index contributed by atoms with van der Waals surface area (Å²) < 4.78 is 18.1. The maximum atomic E-state index is 14.8. The van der Waals surface area contributed by atoms with E-state index in [0.717, 1.165) is 11.3 Å². The summed E-state index contributed by atoms with van der Waals surface area (Å²) in [4.78, 5) is 25.2. The molecule has 0 atom stereocenters. The topological polar surface area (TPSA) is 65.1 Å². The van der Waals surface area contributed by atoms with Crippen LogP contribution >= 0.6 is 0 Å². The molecular formula is C21H14FN5O. The number of hydrogen-bond acceptors (Lipinski definition) is 4. The van der Waals surface area contributed by atoms with Gasteiger partial charge in [-0.05, 0) is 30.3 Å². The van der Waals surface area contributed by atoms with Gasteiger partial charge in [0.15, 0.2) is 5.65 Å². The van der Waals surface area contributed by atoms with E-state index < -0.39 is 0 Å². The van der Waals surface area contributed by atoms with Crippen LogP contribution in [0.4, 0.5) is 4.39 Å². The smallest absolute Gasteiger partial charge is 0.263 e. The Kier molecular flexibility index (Phi) is 3.72. The molecule has 5 rings (SSSR count). The van der Waals surface area contributed by atoms with E-state index >= 15 is 0 Å². The van der Waals surface area contributed by atoms with Gasteiger partial charge in [0.2, 0.25) is 0 Å². The average molecular weight is 371 g/mol. The number of aromatic nitrogens is 5. The summed E-state index contributed by atoms with van der Waals surface area (Å²) in [5.74, 6) is -0.387. The zero-order chi connectivity index (χ0) is 19.1. The molecule has 0 spiro atoms. The monoisotopic (exact) mass is 371 g/mol. The molecule has 0 saturated carbocycles. The maximum absolute atomic E-state index is 14.8. The van der Waals surface area contributed by atoms with Gasteiger partial charge in [-0.2, -0.15) is 0 Å². The molecule has 6 nitrogen and oxygen atoms in total. The van der Waals surface area contributed by atoms with Crippen molar-refractivity contribution in [3.63, 3.8) is 0 Å². The van der Waals surface area contributed by atoms with E-state index in [1.807, 2.05) is 34.9 Å². The molecule has 0 unspecified atom stereocenters. The Bertz CT molecular complexity index is 1390. The van der Waals surface area contributed by atoms with E-state index in [-0.39, 0.29) is 17.9 Å². The Morgan fingerprint density at radius 2 is 1.93 bits per heavy atom. The maximum Gasteiger partial charge on any atom is 0.263 e. The molecule has 0 aliphatic heterocycles. The summed E-state index contributed by atoms with van der Waals surface area (Å²) in [6, 6.07) is 14.0. The van der Waals surface area contributed by atoms with Gasteiger partial charge in [0, 0.05) is 23.5 Å². The Hall–Kier alpha value is -3.87. The Morgan fingerprint density at radius 1 is 1.00 bits per heavy atom. The van der Waals surface area contributed by atoms with Crippen LogP contribution in [0.3, 0.4) is 0 Å². The SMILES string of the molecule is O=c1c2cccnc2ncn1Cc1ccc(-c2cnc3ccccn23)cc1F. The molecule has 136 valence electrons. The third-order valence-corrected chi connectivity index (χ3v) is 4.70. The van der Waals surface area contributed by atoms with Gasteiger partial charge in [-0.25, -0.2) is 19.3 Å².